The highest BCUT2D eigenvalue weighted by molar-refractivity contribution is 5.35. The second kappa shape index (κ2) is 5.25. The van der Waals surface area contributed by atoms with Crippen molar-refractivity contribution in [2.75, 3.05) is 26.2 Å². The largest absolute Gasteiger partial charge is 0.314 e. The van der Waals surface area contributed by atoms with Crippen molar-refractivity contribution in [3.8, 4) is 0 Å². The van der Waals surface area contributed by atoms with Crippen LogP contribution in [0, 0.1) is 10.1 Å². The van der Waals surface area contributed by atoms with E-state index in [1.54, 1.807) is 12.1 Å². The van der Waals surface area contributed by atoms with Gasteiger partial charge in [0.25, 0.3) is 5.69 Å². The van der Waals surface area contributed by atoms with Gasteiger partial charge in [-0.05, 0) is 12.5 Å². The fourth-order valence-corrected chi connectivity index (χ4v) is 2.18. The van der Waals surface area contributed by atoms with Crippen LogP contribution < -0.4 is 5.32 Å². The van der Waals surface area contributed by atoms with Crippen molar-refractivity contribution in [2.45, 2.75) is 13.0 Å². The molecule has 5 heteroatoms. The molecule has 92 valence electrons. The minimum atomic E-state index is -0.339. The zero-order valence-electron chi connectivity index (χ0n) is 9.93. The van der Waals surface area contributed by atoms with Gasteiger partial charge in [0.05, 0.1) is 4.92 Å². The third-order valence-corrected chi connectivity index (χ3v) is 3.26. The van der Waals surface area contributed by atoms with Crippen molar-refractivity contribution in [1.29, 1.82) is 0 Å². The number of non-ortho nitro benzene ring substituents is 1. The molecule has 1 fully saturated rings. The Bertz CT molecular complexity index is 402. The van der Waals surface area contributed by atoms with Gasteiger partial charge in [0.1, 0.15) is 0 Å². The number of nitrogens with zero attached hydrogens (tertiary/aromatic N) is 2. The highest BCUT2D eigenvalue weighted by Crippen LogP contribution is 2.23. The van der Waals surface area contributed by atoms with Crippen molar-refractivity contribution in [3.05, 3.63) is 39.9 Å². The summed E-state index contributed by atoms with van der Waals surface area (Å²) in [6, 6.07) is 7.16. The Kier molecular flexibility index (Phi) is 3.71. The van der Waals surface area contributed by atoms with Crippen molar-refractivity contribution in [3.63, 3.8) is 0 Å². The summed E-state index contributed by atoms with van der Waals surface area (Å²) in [7, 11) is 0. The van der Waals surface area contributed by atoms with Crippen molar-refractivity contribution in [2.24, 2.45) is 0 Å². The molecule has 2 rings (SSSR count). The van der Waals surface area contributed by atoms with Crippen LogP contribution in [0.15, 0.2) is 24.3 Å². The van der Waals surface area contributed by atoms with Gasteiger partial charge >= 0.3 is 0 Å². The fourth-order valence-electron chi connectivity index (χ4n) is 2.18. The number of nitrogens with one attached hydrogen (secondary N) is 1. The lowest BCUT2D eigenvalue weighted by Crippen LogP contribution is -2.44. The molecule has 1 saturated heterocycles. The maximum absolute atomic E-state index is 10.7. The molecule has 17 heavy (non-hydrogen) atoms. The average Bonchev–Trinajstić information content (AvgIpc) is 2.39. The SMILES string of the molecule is CC(c1cccc([N+](=O)[O-])c1)N1CCNCC1. The number of hydrogen-bond donors (Lipinski definition) is 1. The summed E-state index contributed by atoms with van der Waals surface area (Å²) in [5, 5.41) is 14.0. The first-order valence-corrected chi connectivity index (χ1v) is 5.87. The molecule has 1 atom stereocenters. The van der Waals surface area contributed by atoms with Crippen LogP contribution in [0.1, 0.15) is 18.5 Å². The van der Waals surface area contributed by atoms with Crippen LogP contribution in [0.5, 0.6) is 0 Å². The van der Waals surface area contributed by atoms with Gasteiger partial charge in [-0.2, -0.15) is 0 Å². The topological polar surface area (TPSA) is 58.4 Å². The summed E-state index contributed by atoms with van der Waals surface area (Å²) < 4.78 is 0. The smallest absolute Gasteiger partial charge is 0.269 e. The molecular formula is C12H17N3O2. The van der Waals surface area contributed by atoms with E-state index in [4.69, 9.17) is 0 Å². The van der Waals surface area contributed by atoms with E-state index in [2.05, 4.69) is 17.1 Å². The van der Waals surface area contributed by atoms with Crippen LogP contribution in [0.25, 0.3) is 0 Å². The molecule has 0 aromatic heterocycles. The molecular weight excluding hydrogens is 218 g/mol. The lowest BCUT2D eigenvalue weighted by Gasteiger charge is -2.32. The molecule has 1 aliphatic rings. The number of rotatable bonds is 3. The highest BCUT2D eigenvalue weighted by atomic mass is 16.6. The first-order valence-electron chi connectivity index (χ1n) is 5.87. The van der Waals surface area contributed by atoms with Crippen molar-refractivity contribution in [1.82, 2.24) is 10.2 Å². The second-order valence-corrected chi connectivity index (χ2v) is 4.31. The molecule has 0 aliphatic carbocycles. The van der Waals surface area contributed by atoms with Crippen LogP contribution in [-0.4, -0.2) is 36.0 Å². The fraction of sp³-hybridized carbons (Fsp3) is 0.500. The number of piperazine rings is 1. The molecule has 0 spiro atoms. The van der Waals surface area contributed by atoms with Crippen LogP contribution in [-0.2, 0) is 0 Å². The third kappa shape index (κ3) is 2.81. The van der Waals surface area contributed by atoms with Crippen LogP contribution in [0.2, 0.25) is 0 Å². The Hall–Kier alpha value is -1.46. The molecule has 1 aromatic carbocycles. The zero-order chi connectivity index (χ0) is 12.3. The first kappa shape index (κ1) is 12.0. The van der Waals surface area contributed by atoms with E-state index in [1.807, 2.05) is 6.07 Å². The predicted octanol–water partition coefficient (Wildman–Crippen LogP) is 1.56. The molecule has 0 amide bonds. The summed E-state index contributed by atoms with van der Waals surface area (Å²) in [6.45, 7) is 6.05. The lowest BCUT2D eigenvalue weighted by molar-refractivity contribution is -0.384. The molecule has 1 aromatic rings. The number of nitro benzene ring substituents is 1. The highest BCUT2D eigenvalue weighted by Gasteiger charge is 2.19. The molecule has 1 unspecified atom stereocenters. The summed E-state index contributed by atoms with van der Waals surface area (Å²) in [5.74, 6) is 0. The molecule has 1 aliphatic heterocycles. The van der Waals surface area contributed by atoms with Gasteiger partial charge in [-0.1, -0.05) is 12.1 Å². The van der Waals surface area contributed by atoms with E-state index in [0.717, 1.165) is 31.7 Å². The summed E-state index contributed by atoms with van der Waals surface area (Å²) in [4.78, 5) is 12.7. The van der Waals surface area contributed by atoms with Gasteiger partial charge < -0.3 is 5.32 Å². The van der Waals surface area contributed by atoms with E-state index in [9.17, 15) is 10.1 Å². The number of benzene rings is 1. The normalized spacial score (nSPS) is 18.9. The number of hydrogen-bond acceptors (Lipinski definition) is 4. The van der Waals surface area contributed by atoms with Crippen molar-refractivity contribution >= 4 is 5.69 Å². The first-order chi connectivity index (χ1) is 8.18. The Morgan fingerprint density at radius 1 is 1.41 bits per heavy atom. The van der Waals surface area contributed by atoms with Crippen molar-refractivity contribution < 1.29 is 4.92 Å². The zero-order valence-corrected chi connectivity index (χ0v) is 9.93. The Morgan fingerprint density at radius 2 is 2.12 bits per heavy atom. The van der Waals surface area contributed by atoms with Crippen LogP contribution >= 0.6 is 0 Å². The monoisotopic (exact) mass is 235 g/mol. The molecule has 0 bridgehead atoms. The van der Waals surface area contributed by atoms with Gasteiger partial charge in [0.2, 0.25) is 0 Å². The van der Waals surface area contributed by atoms with Gasteiger partial charge in [0, 0.05) is 44.4 Å². The second-order valence-electron chi connectivity index (χ2n) is 4.31. The standard InChI is InChI=1S/C12H17N3O2/c1-10(14-7-5-13-6-8-14)11-3-2-4-12(9-11)15(16)17/h2-4,9-10,13H,5-8H2,1H3. The minimum Gasteiger partial charge on any atom is -0.314 e. The molecule has 0 radical (unpaired) electrons. The maximum atomic E-state index is 10.7. The average molecular weight is 235 g/mol. The van der Waals surface area contributed by atoms with Crippen LogP contribution in [0.3, 0.4) is 0 Å². The van der Waals surface area contributed by atoms with E-state index in [-0.39, 0.29) is 16.7 Å². The van der Waals surface area contributed by atoms with Crippen LogP contribution in [0.4, 0.5) is 5.69 Å². The summed E-state index contributed by atoms with van der Waals surface area (Å²) >= 11 is 0. The number of nitro groups is 1. The van der Waals surface area contributed by atoms with Gasteiger partial charge in [-0.3, -0.25) is 15.0 Å². The van der Waals surface area contributed by atoms with E-state index < -0.39 is 0 Å². The predicted molar refractivity (Wildman–Crippen MR) is 66.0 cm³/mol. The summed E-state index contributed by atoms with van der Waals surface area (Å²) in [6.07, 6.45) is 0. The Balaban J connectivity index is 2.14. The Labute approximate surface area is 101 Å². The summed E-state index contributed by atoms with van der Waals surface area (Å²) in [5.41, 5.74) is 1.19. The van der Waals surface area contributed by atoms with E-state index in [1.165, 1.54) is 6.07 Å². The third-order valence-electron chi connectivity index (χ3n) is 3.26. The minimum absolute atomic E-state index is 0.171. The van der Waals surface area contributed by atoms with E-state index >= 15 is 0 Å². The molecule has 1 heterocycles. The lowest BCUT2D eigenvalue weighted by atomic mass is 10.1. The van der Waals surface area contributed by atoms with Gasteiger partial charge in [-0.25, -0.2) is 0 Å². The maximum Gasteiger partial charge on any atom is 0.269 e. The van der Waals surface area contributed by atoms with E-state index in [0.29, 0.717) is 0 Å². The van der Waals surface area contributed by atoms with Gasteiger partial charge in [-0.15, -0.1) is 0 Å². The Morgan fingerprint density at radius 3 is 2.76 bits per heavy atom. The molecule has 1 N–H and O–H groups in total. The molecule has 0 saturated carbocycles. The van der Waals surface area contributed by atoms with Gasteiger partial charge in [0.15, 0.2) is 0 Å². The molecule has 5 nitrogen and oxygen atoms in total. The quantitative estimate of drug-likeness (QED) is 0.638.